The Morgan fingerprint density at radius 2 is 1.75 bits per heavy atom. The van der Waals surface area contributed by atoms with E-state index in [1.807, 2.05) is 60.0 Å². The van der Waals surface area contributed by atoms with Crippen LogP contribution in [0.3, 0.4) is 0 Å². The van der Waals surface area contributed by atoms with Crippen molar-refractivity contribution in [2.75, 3.05) is 18.2 Å². The summed E-state index contributed by atoms with van der Waals surface area (Å²) in [6.07, 6.45) is 0. The molecule has 6 nitrogen and oxygen atoms in total. The molecule has 0 atom stereocenters. The number of aryl methyl sites for hydroxylation is 1. The van der Waals surface area contributed by atoms with E-state index in [0.717, 1.165) is 16.8 Å². The molecule has 0 aliphatic carbocycles. The van der Waals surface area contributed by atoms with Crippen LogP contribution >= 0.6 is 11.8 Å². The van der Waals surface area contributed by atoms with Crippen LogP contribution in [-0.2, 0) is 4.79 Å². The number of hydrogen-bond donors (Lipinski definition) is 1. The second-order valence-electron chi connectivity index (χ2n) is 7.00. The number of para-hydroxylation sites is 3. The Hall–Kier alpha value is -3.65. The molecule has 1 aromatic heterocycles. The quantitative estimate of drug-likeness (QED) is 0.398. The second-order valence-corrected chi connectivity index (χ2v) is 7.94. The van der Waals surface area contributed by atoms with Gasteiger partial charge < -0.3 is 10.1 Å². The first-order chi connectivity index (χ1) is 15.6. The first-order valence-corrected chi connectivity index (χ1v) is 10.9. The Labute approximate surface area is 189 Å². The van der Waals surface area contributed by atoms with Gasteiger partial charge in [-0.15, -0.1) is 10.2 Å². The minimum Gasteiger partial charge on any atom is -0.495 e. The van der Waals surface area contributed by atoms with E-state index in [0.29, 0.717) is 16.7 Å². The van der Waals surface area contributed by atoms with Crippen LogP contribution < -0.4 is 10.1 Å². The number of methoxy groups -OCH3 is 1. The zero-order chi connectivity index (χ0) is 22.5. The van der Waals surface area contributed by atoms with Gasteiger partial charge in [0.05, 0.1) is 24.2 Å². The summed E-state index contributed by atoms with van der Waals surface area (Å²) in [6.45, 7) is 2.02. The Kier molecular flexibility index (Phi) is 6.51. The number of ether oxygens (including phenoxy) is 1. The third kappa shape index (κ3) is 4.65. The maximum absolute atomic E-state index is 13.8. The van der Waals surface area contributed by atoms with Crippen LogP contribution in [0.5, 0.6) is 5.75 Å². The Morgan fingerprint density at radius 3 is 2.50 bits per heavy atom. The van der Waals surface area contributed by atoms with Crippen LogP contribution in [0.4, 0.5) is 10.1 Å². The van der Waals surface area contributed by atoms with Crippen molar-refractivity contribution in [3.8, 4) is 22.8 Å². The molecule has 1 amide bonds. The first-order valence-electron chi connectivity index (χ1n) is 9.90. The number of rotatable bonds is 7. The number of halogens is 1. The lowest BCUT2D eigenvalue weighted by Gasteiger charge is -2.14. The second kappa shape index (κ2) is 9.65. The average Bonchev–Trinajstić information content (AvgIpc) is 3.23. The molecule has 1 heterocycles. The van der Waals surface area contributed by atoms with Crippen LogP contribution in [0.2, 0.25) is 0 Å². The molecular weight excluding hydrogens is 427 g/mol. The fourth-order valence-electron chi connectivity index (χ4n) is 3.16. The molecule has 4 rings (SSSR count). The number of nitrogens with zero attached hydrogens (tertiary/aromatic N) is 3. The van der Waals surface area contributed by atoms with E-state index in [1.54, 1.807) is 19.2 Å². The number of thioether (sulfide) groups is 1. The van der Waals surface area contributed by atoms with Crippen LogP contribution in [0.15, 0.2) is 78.0 Å². The number of amides is 1. The van der Waals surface area contributed by atoms with Crippen LogP contribution in [0.1, 0.15) is 5.56 Å². The van der Waals surface area contributed by atoms with Gasteiger partial charge in [0.25, 0.3) is 0 Å². The predicted octanol–water partition coefficient (Wildman–Crippen LogP) is 5.12. The fraction of sp³-hybridized carbons (Fsp3) is 0.125. The molecule has 0 radical (unpaired) electrons. The lowest BCUT2D eigenvalue weighted by Crippen LogP contribution is -2.15. The first kappa shape index (κ1) is 21.6. The van der Waals surface area contributed by atoms with Crippen LogP contribution in [0.25, 0.3) is 17.1 Å². The van der Waals surface area contributed by atoms with Crippen molar-refractivity contribution in [1.82, 2.24) is 14.8 Å². The summed E-state index contributed by atoms with van der Waals surface area (Å²) in [4.78, 5) is 12.4. The smallest absolute Gasteiger partial charge is 0.234 e. The number of anilines is 1. The number of carbonyl (C=O) groups is 1. The maximum atomic E-state index is 13.8. The molecule has 0 aliphatic heterocycles. The monoisotopic (exact) mass is 448 g/mol. The normalized spacial score (nSPS) is 10.7. The van der Waals surface area contributed by atoms with Gasteiger partial charge in [0.2, 0.25) is 5.91 Å². The zero-order valence-electron chi connectivity index (χ0n) is 17.6. The Morgan fingerprint density at radius 1 is 1.03 bits per heavy atom. The fourth-order valence-corrected chi connectivity index (χ4v) is 3.91. The zero-order valence-corrected chi connectivity index (χ0v) is 18.4. The Bertz CT molecular complexity index is 1240. The molecule has 4 aromatic rings. The van der Waals surface area contributed by atoms with E-state index in [2.05, 4.69) is 15.5 Å². The molecule has 3 aromatic carbocycles. The van der Waals surface area contributed by atoms with Gasteiger partial charge in [0.15, 0.2) is 11.0 Å². The van der Waals surface area contributed by atoms with Crippen molar-refractivity contribution >= 4 is 23.4 Å². The van der Waals surface area contributed by atoms with Crippen molar-refractivity contribution in [2.24, 2.45) is 0 Å². The largest absolute Gasteiger partial charge is 0.495 e. The van der Waals surface area contributed by atoms with Gasteiger partial charge >= 0.3 is 0 Å². The minimum atomic E-state index is -0.482. The highest BCUT2D eigenvalue weighted by molar-refractivity contribution is 7.99. The van der Waals surface area contributed by atoms with Gasteiger partial charge in [-0.3, -0.25) is 9.36 Å². The summed E-state index contributed by atoms with van der Waals surface area (Å²) >= 11 is 1.21. The lowest BCUT2D eigenvalue weighted by atomic mass is 10.1. The molecule has 32 heavy (non-hydrogen) atoms. The van der Waals surface area contributed by atoms with E-state index in [-0.39, 0.29) is 17.3 Å². The van der Waals surface area contributed by atoms with Gasteiger partial charge in [-0.1, -0.05) is 65.9 Å². The molecular formula is C24H21FN4O2S. The van der Waals surface area contributed by atoms with Gasteiger partial charge in [0, 0.05) is 5.56 Å². The summed E-state index contributed by atoms with van der Waals surface area (Å²) in [5.41, 5.74) is 2.92. The van der Waals surface area contributed by atoms with E-state index in [4.69, 9.17) is 4.74 Å². The van der Waals surface area contributed by atoms with E-state index in [1.165, 1.54) is 23.9 Å². The number of carbonyl (C=O) groups excluding carboxylic acids is 1. The SMILES string of the molecule is COc1ccccc1-n1c(SCC(=O)Nc2ccccc2F)nnc1-c1ccc(C)cc1. The average molecular weight is 449 g/mol. The summed E-state index contributed by atoms with van der Waals surface area (Å²) in [7, 11) is 1.60. The molecule has 0 bridgehead atoms. The maximum Gasteiger partial charge on any atom is 0.234 e. The summed E-state index contributed by atoms with van der Waals surface area (Å²) in [5, 5.41) is 11.8. The van der Waals surface area contributed by atoms with Crippen molar-refractivity contribution in [3.05, 3.63) is 84.2 Å². The van der Waals surface area contributed by atoms with Gasteiger partial charge in [-0.05, 0) is 31.2 Å². The predicted molar refractivity (Wildman–Crippen MR) is 124 cm³/mol. The van der Waals surface area contributed by atoms with Gasteiger partial charge in [-0.2, -0.15) is 0 Å². The third-order valence-corrected chi connectivity index (χ3v) is 5.68. The van der Waals surface area contributed by atoms with Crippen molar-refractivity contribution in [3.63, 3.8) is 0 Å². The summed E-state index contributed by atoms with van der Waals surface area (Å²) in [5.74, 6) is 0.497. The molecule has 0 aliphatic rings. The molecule has 8 heteroatoms. The highest BCUT2D eigenvalue weighted by atomic mass is 32.2. The van der Waals surface area contributed by atoms with E-state index < -0.39 is 5.82 Å². The van der Waals surface area contributed by atoms with Gasteiger partial charge in [0.1, 0.15) is 11.6 Å². The molecule has 0 unspecified atom stereocenters. The number of benzene rings is 3. The Balaban J connectivity index is 1.65. The number of hydrogen-bond acceptors (Lipinski definition) is 5. The lowest BCUT2D eigenvalue weighted by molar-refractivity contribution is -0.113. The summed E-state index contributed by atoms with van der Waals surface area (Å²) in [6, 6.07) is 21.6. The molecule has 0 spiro atoms. The molecule has 1 N–H and O–H groups in total. The molecule has 0 saturated heterocycles. The van der Waals surface area contributed by atoms with E-state index in [9.17, 15) is 9.18 Å². The standard InChI is InChI=1S/C24H21FN4O2S/c1-16-11-13-17(14-12-16)23-27-28-24(29(23)20-9-5-6-10-21(20)31-2)32-15-22(30)26-19-8-4-3-7-18(19)25/h3-14H,15H2,1-2H3,(H,26,30). The van der Waals surface area contributed by atoms with Crippen molar-refractivity contribution in [1.29, 1.82) is 0 Å². The molecule has 0 fully saturated rings. The van der Waals surface area contributed by atoms with Crippen LogP contribution in [0, 0.1) is 12.7 Å². The van der Waals surface area contributed by atoms with Crippen molar-refractivity contribution < 1.29 is 13.9 Å². The topological polar surface area (TPSA) is 69.0 Å². The minimum absolute atomic E-state index is 0.0372. The van der Waals surface area contributed by atoms with Gasteiger partial charge in [-0.25, -0.2) is 4.39 Å². The third-order valence-electron chi connectivity index (χ3n) is 4.75. The molecule has 0 saturated carbocycles. The van der Waals surface area contributed by atoms with E-state index >= 15 is 0 Å². The summed E-state index contributed by atoms with van der Waals surface area (Å²) < 4.78 is 21.3. The highest BCUT2D eigenvalue weighted by Crippen LogP contribution is 2.32. The molecule has 162 valence electrons. The number of aromatic nitrogens is 3. The van der Waals surface area contributed by atoms with Crippen molar-refractivity contribution in [2.45, 2.75) is 12.1 Å². The van der Waals surface area contributed by atoms with Crippen LogP contribution in [-0.4, -0.2) is 33.5 Å². The number of nitrogens with one attached hydrogen (secondary N) is 1. The highest BCUT2D eigenvalue weighted by Gasteiger charge is 2.20.